The number of rotatable bonds is 8. The Kier molecular flexibility index (Phi) is 7.08. The van der Waals surface area contributed by atoms with Gasteiger partial charge in [0.15, 0.2) is 5.69 Å². The van der Waals surface area contributed by atoms with E-state index in [2.05, 4.69) is 53.4 Å². The van der Waals surface area contributed by atoms with Gasteiger partial charge in [-0.15, -0.1) is 10.2 Å². The van der Waals surface area contributed by atoms with Crippen molar-refractivity contribution in [3.63, 3.8) is 0 Å². The van der Waals surface area contributed by atoms with Gasteiger partial charge < -0.3 is 10.6 Å². The van der Waals surface area contributed by atoms with Crippen LogP contribution < -0.4 is 10.6 Å². The molecule has 118 valence electrons. The molecular formula is C15H27N5O. The zero-order valence-corrected chi connectivity index (χ0v) is 13.7. The maximum absolute atomic E-state index is 12.0. The average molecular weight is 293 g/mol. The first kappa shape index (κ1) is 17.4. The van der Waals surface area contributed by atoms with Crippen molar-refractivity contribution in [2.24, 2.45) is 0 Å². The minimum atomic E-state index is -0.182. The first-order valence-electron chi connectivity index (χ1n) is 7.57. The summed E-state index contributed by atoms with van der Waals surface area (Å²) in [6, 6.07) is 4.37. The molecule has 0 fully saturated rings. The molecule has 0 aliphatic heterocycles. The summed E-state index contributed by atoms with van der Waals surface area (Å²) in [6.07, 6.45) is 0. The van der Waals surface area contributed by atoms with Crippen molar-refractivity contribution < 1.29 is 4.79 Å². The number of nitrogens with zero attached hydrogens (tertiary/aromatic N) is 3. The predicted octanol–water partition coefficient (Wildman–Crippen LogP) is 1.76. The van der Waals surface area contributed by atoms with E-state index in [1.807, 2.05) is 6.92 Å². The number of carbonyl (C=O) groups is 1. The normalized spacial score (nSPS) is 11.2. The lowest BCUT2D eigenvalue weighted by atomic mass is 10.2. The van der Waals surface area contributed by atoms with Crippen LogP contribution in [0.4, 0.5) is 5.82 Å². The number of aromatic nitrogens is 2. The summed E-state index contributed by atoms with van der Waals surface area (Å²) in [5.41, 5.74) is 0.345. The van der Waals surface area contributed by atoms with Crippen LogP contribution in [0.15, 0.2) is 12.1 Å². The highest BCUT2D eigenvalue weighted by Crippen LogP contribution is 2.04. The van der Waals surface area contributed by atoms with Crippen molar-refractivity contribution in [3.8, 4) is 0 Å². The van der Waals surface area contributed by atoms with Crippen LogP contribution in [0.25, 0.3) is 0 Å². The standard InChI is InChI=1S/C15H27N5O/c1-6-16-14-8-7-13(18-19-14)15(21)17-9-10-20(11(2)3)12(4)5/h7-8,11-12H,6,9-10H2,1-5H3,(H,16,19)(H,17,21). The molecule has 6 nitrogen and oxygen atoms in total. The lowest BCUT2D eigenvalue weighted by molar-refractivity contribution is 0.0933. The van der Waals surface area contributed by atoms with Crippen LogP contribution in [0.2, 0.25) is 0 Å². The van der Waals surface area contributed by atoms with Gasteiger partial charge in [-0.2, -0.15) is 0 Å². The summed E-state index contributed by atoms with van der Waals surface area (Å²) in [5.74, 6) is 0.498. The SMILES string of the molecule is CCNc1ccc(C(=O)NCCN(C(C)C)C(C)C)nn1. The molecule has 1 rings (SSSR count). The smallest absolute Gasteiger partial charge is 0.271 e. The van der Waals surface area contributed by atoms with Crippen molar-refractivity contribution in [1.82, 2.24) is 20.4 Å². The molecule has 0 spiro atoms. The van der Waals surface area contributed by atoms with Gasteiger partial charge in [0.25, 0.3) is 5.91 Å². The molecule has 0 saturated carbocycles. The molecule has 2 N–H and O–H groups in total. The fourth-order valence-corrected chi connectivity index (χ4v) is 2.23. The van der Waals surface area contributed by atoms with Gasteiger partial charge in [0.05, 0.1) is 0 Å². The quantitative estimate of drug-likeness (QED) is 0.764. The molecule has 0 aromatic carbocycles. The summed E-state index contributed by atoms with van der Waals surface area (Å²) in [7, 11) is 0. The second-order valence-corrected chi connectivity index (χ2v) is 5.52. The van der Waals surface area contributed by atoms with Gasteiger partial charge in [0.1, 0.15) is 5.82 Å². The van der Waals surface area contributed by atoms with Gasteiger partial charge in [-0.05, 0) is 46.8 Å². The second kappa shape index (κ2) is 8.56. The zero-order valence-electron chi connectivity index (χ0n) is 13.7. The molecule has 0 unspecified atom stereocenters. The van der Waals surface area contributed by atoms with Crippen LogP contribution in [-0.4, -0.2) is 52.7 Å². The van der Waals surface area contributed by atoms with Crippen molar-refractivity contribution in [2.45, 2.75) is 46.7 Å². The van der Waals surface area contributed by atoms with E-state index in [4.69, 9.17) is 0 Å². The van der Waals surface area contributed by atoms with Crippen molar-refractivity contribution in [2.75, 3.05) is 25.0 Å². The molecular weight excluding hydrogens is 266 g/mol. The van der Waals surface area contributed by atoms with Crippen LogP contribution in [0.5, 0.6) is 0 Å². The number of hydrogen-bond donors (Lipinski definition) is 2. The van der Waals surface area contributed by atoms with E-state index < -0.39 is 0 Å². The highest BCUT2D eigenvalue weighted by atomic mass is 16.1. The van der Waals surface area contributed by atoms with Gasteiger partial charge in [-0.1, -0.05) is 0 Å². The summed E-state index contributed by atoms with van der Waals surface area (Å²) in [5, 5.41) is 13.8. The molecule has 0 saturated heterocycles. The van der Waals surface area contributed by atoms with Crippen LogP contribution >= 0.6 is 0 Å². The van der Waals surface area contributed by atoms with E-state index in [-0.39, 0.29) is 5.91 Å². The molecule has 6 heteroatoms. The summed E-state index contributed by atoms with van der Waals surface area (Å²) >= 11 is 0. The average Bonchev–Trinajstić information content (AvgIpc) is 2.43. The van der Waals surface area contributed by atoms with E-state index in [0.717, 1.165) is 13.1 Å². The Bertz CT molecular complexity index is 422. The third-order valence-corrected chi connectivity index (χ3v) is 3.24. The molecule has 0 aliphatic rings. The van der Waals surface area contributed by atoms with Gasteiger partial charge >= 0.3 is 0 Å². The van der Waals surface area contributed by atoms with E-state index >= 15 is 0 Å². The monoisotopic (exact) mass is 293 g/mol. The summed E-state index contributed by atoms with van der Waals surface area (Å²) < 4.78 is 0. The minimum absolute atomic E-state index is 0.182. The molecule has 1 aromatic rings. The van der Waals surface area contributed by atoms with Crippen molar-refractivity contribution >= 4 is 11.7 Å². The van der Waals surface area contributed by atoms with Crippen LogP contribution in [-0.2, 0) is 0 Å². The third-order valence-electron chi connectivity index (χ3n) is 3.24. The van der Waals surface area contributed by atoms with Crippen molar-refractivity contribution in [3.05, 3.63) is 17.8 Å². The topological polar surface area (TPSA) is 70.2 Å². The highest BCUT2D eigenvalue weighted by molar-refractivity contribution is 5.92. The molecule has 0 radical (unpaired) electrons. The van der Waals surface area contributed by atoms with Gasteiger partial charge in [-0.25, -0.2) is 0 Å². The molecule has 1 aromatic heterocycles. The molecule has 0 aliphatic carbocycles. The number of amides is 1. The first-order valence-corrected chi connectivity index (χ1v) is 7.57. The van der Waals surface area contributed by atoms with Crippen LogP contribution in [0, 0.1) is 0 Å². The number of hydrogen-bond acceptors (Lipinski definition) is 5. The third kappa shape index (κ3) is 5.67. The van der Waals surface area contributed by atoms with Gasteiger partial charge in [0.2, 0.25) is 0 Å². The first-order chi connectivity index (χ1) is 9.95. The largest absolute Gasteiger partial charge is 0.369 e. The van der Waals surface area contributed by atoms with Crippen molar-refractivity contribution in [1.29, 1.82) is 0 Å². The van der Waals surface area contributed by atoms with Gasteiger partial charge in [-0.3, -0.25) is 9.69 Å². The van der Waals surface area contributed by atoms with E-state index in [0.29, 0.717) is 30.1 Å². The maximum Gasteiger partial charge on any atom is 0.271 e. The zero-order chi connectivity index (χ0) is 15.8. The molecule has 0 atom stereocenters. The Labute approximate surface area is 127 Å². The molecule has 1 amide bonds. The van der Waals surface area contributed by atoms with E-state index in [1.54, 1.807) is 12.1 Å². The van der Waals surface area contributed by atoms with E-state index in [1.165, 1.54) is 0 Å². The molecule has 21 heavy (non-hydrogen) atoms. The fraction of sp³-hybridized carbons (Fsp3) is 0.667. The lowest BCUT2D eigenvalue weighted by Gasteiger charge is -2.30. The highest BCUT2D eigenvalue weighted by Gasteiger charge is 2.14. The number of anilines is 1. The summed E-state index contributed by atoms with van der Waals surface area (Å²) in [4.78, 5) is 14.3. The summed E-state index contributed by atoms with van der Waals surface area (Å²) in [6.45, 7) is 12.8. The maximum atomic E-state index is 12.0. The Balaban J connectivity index is 2.46. The Morgan fingerprint density at radius 3 is 2.33 bits per heavy atom. The number of nitrogens with one attached hydrogen (secondary N) is 2. The Morgan fingerprint density at radius 2 is 1.86 bits per heavy atom. The predicted molar refractivity (Wildman–Crippen MR) is 85.5 cm³/mol. The van der Waals surface area contributed by atoms with Gasteiger partial charge in [0, 0.05) is 31.7 Å². The second-order valence-electron chi connectivity index (χ2n) is 5.52. The Morgan fingerprint density at radius 1 is 1.19 bits per heavy atom. The number of carbonyl (C=O) groups excluding carboxylic acids is 1. The fourth-order valence-electron chi connectivity index (χ4n) is 2.23. The minimum Gasteiger partial charge on any atom is -0.369 e. The lowest BCUT2D eigenvalue weighted by Crippen LogP contribution is -2.42. The van der Waals surface area contributed by atoms with E-state index in [9.17, 15) is 4.79 Å². The Hall–Kier alpha value is -1.69. The van der Waals surface area contributed by atoms with Crippen LogP contribution in [0.3, 0.4) is 0 Å². The molecule has 0 bridgehead atoms. The van der Waals surface area contributed by atoms with Crippen LogP contribution in [0.1, 0.15) is 45.1 Å². The molecule has 1 heterocycles.